The van der Waals surface area contributed by atoms with Crippen LogP contribution in [0.3, 0.4) is 0 Å². The Morgan fingerprint density at radius 2 is 1.64 bits per heavy atom. The predicted molar refractivity (Wildman–Crippen MR) is 95.7 cm³/mol. The van der Waals surface area contributed by atoms with Gasteiger partial charge in [-0.15, -0.1) is 0 Å². The van der Waals surface area contributed by atoms with Gasteiger partial charge in [0.2, 0.25) is 0 Å². The van der Waals surface area contributed by atoms with E-state index in [0.717, 1.165) is 11.1 Å². The van der Waals surface area contributed by atoms with Gasteiger partial charge in [-0.05, 0) is 13.3 Å². The van der Waals surface area contributed by atoms with Gasteiger partial charge < -0.3 is 35.4 Å². The van der Waals surface area contributed by atoms with Crippen LogP contribution in [0.25, 0.3) is 0 Å². The van der Waals surface area contributed by atoms with E-state index in [4.69, 9.17) is 4.74 Å². The lowest BCUT2D eigenvalue weighted by atomic mass is 9.38. The Kier molecular flexibility index (Phi) is 4.17. The van der Waals surface area contributed by atoms with Gasteiger partial charge in [-0.3, -0.25) is 0 Å². The van der Waals surface area contributed by atoms with Crippen LogP contribution in [0.15, 0.2) is 11.1 Å². The summed E-state index contributed by atoms with van der Waals surface area (Å²) in [7, 11) is 0. The minimum atomic E-state index is -2.07. The second-order valence-electron chi connectivity index (χ2n) is 9.65. The second kappa shape index (κ2) is 5.77. The number of aliphatic hydroxyl groups excluding tert-OH is 5. The molecular formula is C20H30O8. The fourth-order valence-electron chi connectivity index (χ4n) is 7.13. The molecule has 8 nitrogen and oxygen atoms in total. The van der Waals surface area contributed by atoms with Crippen molar-refractivity contribution in [3.05, 3.63) is 11.1 Å². The summed E-state index contributed by atoms with van der Waals surface area (Å²) in [5.74, 6) is -2.94. The minimum Gasteiger partial charge on any atom is -0.459 e. The van der Waals surface area contributed by atoms with Gasteiger partial charge in [0, 0.05) is 29.1 Å². The first-order valence-electron chi connectivity index (χ1n) is 9.86. The average molecular weight is 398 g/mol. The number of hydrogen-bond acceptors (Lipinski definition) is 8. The zero-order valence-corrected chi connectivity index (χ0v) is 16.5. The molecule has 0 aromatic heterocycles. The number of esters is 1. The summed E-state index contributed by atoms with van der Waals surface area (Å²) >= 11 is 0. The molecule has 0 aromatic rings. The SMILES string of the molecule is CC1=C2C[C@H]3OC(=O)[C@H](O)[C@@]4(O)[C@@H](C)[C@@H](O)[C@H](O)C([C@@]2(C)[C@H](O)[C@@H](O)C1)[C@@]34C. The number of ether oxygens (including phenoxy) is 1. The molecule has 0 radical (unpaired) electrons. The Hall–Kier alpha value is -1.03. The normalized spacial score (nSPS) is 58.7. The molecule has 6 N–H and O–H groups in total. The Morgan fingerprint density at radius 3 is 2.25 bits per heavy atom. The van der Waals surface area contributed by atoms with Crippen LogP contribution in [0.2, 0.25) is 0 Å². The highest BCUT2D eigenvalue weighted by atomic mass is 16.6. The van der Waals surface area contributed by atoms with Gasteiger partial charge in [-0.1, -0.05) is 31.9 Å². The minimum absolute atomic E-state index is 0.218. The molecule has 0 amide bonds. The number of carbonyl (C=O) groups excluding carboxylic acids is 1. The molecule has 3 aliphatic carbocycles. The van der Waals surface area contributed by atoms with Crippen LogP contribution in [0, 0.1) is 22.7 Å². The van der Waals surface area contributed by atoms with Crippen molar-refractivity contribution < 1.29 is 40.2 Å². The standard InChI is InChI=1S/C20H30O8/c1-7-5-10(21)15(24)18(3)9(7)6-11-19(4)14(18)13(23)12(22)8(2)20(19,27)16(25)17(26)28-11/h8,10-16,21-25,27H,5-6H2,1-4H3/t8-,10-,11+,12+,13-,14?,15+,16-,18-,19+,20-/m0/s1. The van der Waals surface area contributed by atoms with Crippen molar-refractivity contribution in [3.63, 3.8) is 0 Å². The van der Waals surface area contributed by atoms with Gasteiger partial charge in [0.15, 0.2) is 6.10 Å². The summed E-state index contributed by atoms with van der Waals surface area (Å²) < 4.78 is 5.52. The highest BCUT2D eigenvalue weighted by Gasteiger charge is 2.78. The zero-order chi connectivity index (χ0) is 21.0. The molecule has 0 aromatic carbocycles. The van der Waals surface area contributed by atoms with Crippen molar-refractivity contribution >= 4 is 5.97 Å². The van der Waals surface area contributed by atoms with Crippen molar-refractivity contribution in [1.82, 2.24) is 0 Å². The fraction of sp³-hybridized carbons (Fsp3) is 0.850. The van der Waals surface area contributed by atoms with Gasteiger partial charge in [-0.25, -0.2) is 4.79 Å². The summed E-state index contributed by atoms with van der Waals surface area (Å²) in [6.45, 7) is 6.65. The molecule has 0 bridgehead atoms. The van der Waals surface area contributed by atoms with E-state index in [1.54, 1.807) is 13.8 Å². The number of hydrogen-bond donors (Lipinski definition) is 6. The number of fused-ring (bicyclic) bond motifs is 2. The van der Waals surface area contributed by atoms with Crippen molar-refractivity contribution in [2.24, 2.45) is 22.7 Å². The smallest absolute Gasteiger partial charge is 0.338 e. The quantitative estimate of drug-likeness (QED) is 0.221. The highest BCUT2D eigenvalue weighted by Crippen LogP contribution is 2.69. The molecule has 11 atom stereocenters. The first-order chi connectivity index (χ1) is 12.8. The van der Waals surface area contributed by atoms with Crippen molar-refractivity contribution in [1.29, 1.82) is 0 Å². The number of aliphatic hydroxyl groups is 6. The number of rotatable bonds is 0. The first-order valence-corrected chi connectivity index (χ1v) is 9.86. The fourth-order valence-corrected chi connectivity index (χ4v) is 7.13. The van der Waals surface area contributed by atoms with E-state index in [1.807, 2.05) is 6.92 Å². The van der Waals surface area contributed by atoms with Crippen LogP contribution in [0.5, 0.6) is 0 Å². The van der Waals surface area contributed by atoms with Crippen LogP contribution in [-0.4, -0.2) is 78.8 Å². The van der Waals surface area contributed by atoms with E-state index in [0.29, 0.717) is 0 Å². The van der Waals surface area contributed by atoms with Crippen LogP contribution >= 0.6 is 0 Å². The second-order valence-corrected chi connectivity index (χ2v) is 9.65. The molecule has 4 aliphatic rings. The Balaban J connectivity index is 2.02. The van der Waals surface area contributed by atoms with Crippen molar-refractivity contribution in [2.45, 2.75) is 82.8 Å². The third-order valence-corrected chi connectivity index (χ3v) is 8.67. The lowest BCUT2D eigenvalue weighted by molar-refractivity contribution is -0.346. The van der Waals surface area contributed by atoms with Crippen molar-refractivity contribution in [3.8, 4) is 0 Å². The van der Waals surface area contributed by atoms with Gasteiger partial charge in [-0.2, -0.15) is 0 Å². The summed E-state index contributed by atoms with van der Waals surface area (Å²) in [6, 6.07) is 0. The van der Waals surface area contributed by atoms with E-state index in [1.165, 1.54) is 6.92 Å². The molecule has 2 saturated carbocycles. The molecule has 158 valence electrons. The van der Waals surface area contributed by atoms with Crippen LogP contribution in [0.1, 0.15) is 40.5 Å². The highest BCUT2D eigenvalue weighted by molar-refractivity contribution is 5.78. The van der Waals surface area contributed by atoms with Gasteiger partial charge in [0.25, 0.3) is 0 Å². The van der Waals surface area contributed by atoms with Crippen LogP contribution in [-0.2, 0) is 9.53 Å². The van der Waals surface area contributed by atoms with E-state index in [9.17, 15) is 35.4 Å². The lowest BCUT2D eigenvalue weighted by Gasteiger charge is -2.71. The number of carbonyl (C=O) groups is 1. The Morgan fingerprint density at radius 1 is 1.04 bits per heavy atom. The maximum atomic E-state index is 12.4. The molecular weight excluding hydrogens is 368 g/mol. The predicted octanol–water partition coefficient (Wildman–Crippen LogP) is -1.15. The van der Waals surface area contributed by atoms with E-state index < -0.39 is 70.9 Å². The topological polar surface area (TPSA) is 148 Å². The van der Waals surface area contributed by atoms with Gasteiger partial charge >= 0.3 is 5.97 Å². The van der Waals surface area contributed by atoms with Gasteiger partial charge in [0.05, 0.1) is 24.4 Å². The average Bonchev–Trinajstić information content (AvgIpc) is 2.63. The zero-order valence-electron chi connectivity index (χ0n) is 16.5. The lowest BCUT2D eigenvalue weighted by Crippen LogP contribution is -2.82. The molecule has 1 aliphatic heterocycles. The summed E-state index contributed by atoms with van der Waals surface area (Å²) in [5.41, 5.74) is -3.01. The third kappa shape index (κ3) is 1.94. The maximum absolute atomic E-state index is 12.4. The summed E-state index contributed by atoms with van der Waals surface area (Å²) in [4.78, 5) is 12.4. The molecule has 1 heterocycles. The van der Waals surface area contributed by atoms with Crippen molar-refractivity contribution in [2.75, 3.05) is 0 Å². The molecule has 3 fully saturated rings. The molecule has 1 saturated heterocycles. The first kappa shape index (κ1) is 20.3. The maximum Gasteiger partial charge on any atom is 0.338 e. The summed E-state index contributed by atoms with van der Waals surface area (Å²) in [5, 5.41) is 65.7. The molecule has 28 heavy (non-hydrogen) atoms. The van der Waals surface area contributed by atoms with E-state index in [-0.39, 0.29) is 12.8 Å². The molecule has 8 heteroatoms. The summed E-state index contributed by atoms with van der Waals surface area (Å²) in [6.07, 6.45) is -7.39. The van der Waals surface area contributed by atoms with Gasteiger partial charge in [0.1, 0.15) is 11.7 Å². The largest absolute Gasteiger partial charge is 0.459 e. The van der Waals surface area contributed by atoms with E-state index >= 15 is 0 Å². The third-order valence-electron chi connectivity index (χ3n) is 8.67. The van der Waals surface area contributed by atoms with Crippen LogP contribution in [0.4, 0.5) is 0 Å². The molecule has 1 unspecified atom stereocenters. The Labute approximate surface area is 163 Å². The monoisotopic (exact) mass is 398 g/mol. The Bertz CT molecular complexity index is 750. The van der Waals surface area contributed by atoms with Crippen LogP contribution < -0.4 is 0 Å². The molecule has 0 spiro atoms. The molecule has 4 rings (SSSR count). The van der Waals surface area contributed by atoms with E-state index in [2.05, 4.69) is 0 Å².